The number of carboxylic acids is 1. The molecule has 1 heterocycles. The second-order valence-corrected chi connectivity index (χ2v) is 3.61. The summed E-state index contributed by atoms with van der Waals surface area (Å²) in [5, 5.41) is 17.6. The fourth-order valence-electron chi connectivity index (χ4n) is 1.75. The van der Waals surface area contributed by atoms with Gasteiger partial charge in [-0.25, -0.2) is 4.79 Å². The van der Waals surface area contributed by atoms with E-state index in [1.165, 1.54) is 4.90 Å². The SMILES string of the molecule is C=CC1CC(=O)N(C(CCO)C(=O)O)C1. The Hall–Kier alpha value is -1.36. The van der Waals surface area contributed by atoms with E-state index in [1.807, 2.05) is 0 Å². The van der Waals surface area contributed by atoms with Gasteiger partial charge in [0.2, 0.25) is 5.91 Å². The molecule has 5 nitrogen and oxygen atoms in total. The average Bonchev–Trinajstić information content (AvgIpc) is 2.55. The summed E-state index contributed by atoms with van der Waals surface area (Å²) in [6.07, 6.45) is 2.05. The van der Waals surface area contributed by atoms with Gasteiger partial charge >= 0.3 is 5.97 Å². The Morgan fingerprint density at radius 3 is 2.80 bits per heavy atom. The minimum Gasteiger partial charge on any atom is -0.480 e. The van der Waals surface area contributed by atoms with E-state index in [2.05, 4.69) is 6.58 Å². The van der Waals surface area contributed by atoms with Gasteiger partial charge in [-0.3, -0.25) is 4.79 Å². The molecule has 5 heteroatoms. The summed E-state index contributed by atoms with van der Waals surface area (Å²) in [6.45, 7) is 3.74. The molecule has 0 bridgehead atoms. The molecule has 0 saturated carbocycles. The molecule has 84 valence electrons. The van der Waals surface area contributed by atoms with E-state index in [9.17, 15) is 9.59 Å². The standard InChI is InChI=1S/C10H15NO4/c1-2-7-5-9(13)11(6-7)8(3-4-12)10(14)15/h2,7-8,12H,1,3-6H2,(H,14,15). The first-order chi connectivity index (χ1) is 7.10. The van der Waals surface area contributed by atoms with Crippen molar-refractivity contribution >= 4 is 11.9 Å². The van der Waals surface area contributed by atoms with Crippen molar-refractivity contribution in [1.82, 2.24) is 4.90 Å². The number of aliphatic hydroxyl groups is 1. The van der Waals surface area contributed by atoms with Crippen LogP contribution in [-0.2, 0) is 9.59 Å². The first-order valence-electron chi connectivity index (χ1n) is 4.85. The van der Waals surface area contributed by atoms with Gasteiger partial charge in [-0.15, -0.1) is 6.58 Å². The summed E-state index contributed by atoms with van der Waals surface area (Å²) in [6, 6.07) is -0.910. The monoisotopic (exact) mass is 213 g/mol. The van der Waals surface area contributed by atoms with Crippen molar-refractivity contribution in [3.8, 4) is 0 Å². The lowest BCUT2D eigenvalue weighted by Gasteiger charge is -2.23. The van der Waals surface area contributed by atoms with E-state index in [-0.39, 0.29) is 24.9 Å². The highest BCUT2D eigenvalue weighted by Crippen LogP contribution is 2.22. The molecule has 0 aromatic carbocycles. The molecule has 0 aliphatic carbocycles. The molecule has 0 aromatic heterocycles. The number of carbonyl (C=O) groups excluding carboxylic acids is 1. The zero-order valence-electron chi connectivity index (χ0n) is 8.43. The number of hydrogen-bond acceptors (Lipinski definition) is 3. The highest BCUT2D eigenvalue weighted by Gasteiger charge is 2.36. The van der Waals surface area contributed by atoms with Crippen LogP contribution in [0.5, 0.6) is 0 Å². The Bertz CT molecular complexity index is 277. The summed E-state index contributed by atoms with van der Waals surface area (Å²) in [4.78, 5) is 23.7. The molecule has 0 aromatic rings. The summed E-state index contributed by atoms with van der Waals surface area (Å²) in [7, 11) is 0. The van der Waals surface area contributed by atoms with Gasteiger partial charge in [0, 0.05) is 31.9 Å². The smallest absolute Gasteiger partial charge is 0.326 e. The van der Waals surface area contributed by atoms with Crippen LogP contribution in [0.4, 0.5) is 0 Å². The quantitative estimate of drug-likeness (QED) is 0.623. The molecule has 0 spiro atoms. The Balaban J connectivity index is 2.72. The van der Waals surface area contributed by atoms with Gasteiger partial charge in [0.1, 0.15) is 6.04 Å². The predicted octanol–water partition coefficient (Wildman–Crippen LogP) is -0.144. The van der Waals surface area contributed by atoms with Crippen LogP contribution in [0.15, 0.2) is 12.7 Å². The molecule has 2 atom stereocenters. The van der Waals surface area contributed by atoms with Gasteiger partial charge in [0.15, 0.2) is 0 Å². The van der Waals surface area contributed by atoms with Crippen molar-refractivity contribution in [3.63, 3.8) is 0 Å². The van der Waals surface area contributed by atoms with Crippen molar-refractivity contribution in [1.29, 1.82) is 0 Å². The van der Waals surface area contributed by atoms with Crippen molar-refractivity contribution < 1.29 is 19.8 Å². The summed E-state index contributed by atoms with van der Waals surface area (Å²) < 4.78 is 0. The highest BCUT2D eigenvalue weighted by molar-refractivity contribution is 5.85. The third kappa shape index (κ3) is 2.56. The molecule has 1 aliphatic rings. The maximum atomic E-state index is 11.5. The van der Waals surface area contributed by atoms with E-state index in [1.54, 1.807) is 6.08 Å². The molecular formula is C10H15NO4. The maximum Gasteiger partial charge on any atom is 0.326 e. The van der Waals surface area contributed by atoms with E-state index in [0.717, 1.165) is 0 Å². The van der Waals surface area contributed by atoms with Crippen LogP contribution < -0.4 is 0 Å². The summed E-state index contributed by atoms with van der Waals surface area (Å²) in [5.41, 5.74) is 0. The highest BCUT2D eigenvalue weighted by atomic mass is 16.4. The van der Waals surface area contributed by atoms with Gasteiger partial charge in [-0.05, 0) is 0 Å². The van der Waals surface area contributed by atoms with Crippen LogP contribution in [0.3, 0.4) is 0 Å². The molecule has 2 N–H and O–H groups in total. The van der Waals surface area contributed by atoms with Crippen LogP contribution in [0, 0.1) is 5.92 Å². The predicted molar refractivity (Wildman–Crippen MR) is 53.1 cm³/mol. The Kier molecular flexibility index (Phi) is 3.85. The lowest BCUT2D eigenvalue weighted by molar-refractivity contribution is -0.148. The average molecular weight is 213 g/mol. The van der Waals surface area contributed by atoms with E-state index in [0.29, 0.717) is 13.0 Å². The Morgan fingerprint density at radius 2 is 2.40 bits per heavy atom. The van der Waals surface area contributed by atoms with Crippen LogP contribution in [-0.4, -0.2) is 46.2 Å². The molecular weight excluding hydrogens is 198 g/mol. The number of nitrogens with zero attached hydrogens (tertiary/aromatic N) is 1. The third-order valence-electron chi connectivity index (χ3n) is 2.59. The number of aliphatic carboxylic acids is 1. The topological polar surface area (TPSA) is 77.8 Å². The second-order valence-electron chi connectivity index (χ2n) is 3.61. The van der Waals surface area contributed by atoms with Crippen LogP contribution in [0.2, 0.25) is 0 Å². The van der Waals surface area contributed by atoms with Gasteiger partial charge < -0.3 is 15.1 Å². The Labute approximate surface area is 88.0 Å². The Morgan fingerprint density at radius 1 is 1.73 bits per heavy atom. The molecule has 1 amide bonds. The van der Waals surface area contributed by atoms with E-state index >= 15 is 0 Å². The van der Waals surface area contributed by atoms with Crippen molar-refractivity contribution in [2.75, 3.05) is 13.2 Å². The van der Waals surface area contributed by atoms with Gasteiger partial charge in [0.05, 0.1) is 0 Å². The third-order valence-corrected chi connectivity index (χ3v) is 2.59. The van der Waals surface area contributed by atoms with Crippen molar-refractivity contribution in [3.05, 3.63) is 12.7 Å². The van der Waals surface area contributed by atoms with Gasteiger partial charge in [-0.1, -0.05) is 6.08 Å². The number of hydrogen-bond donors (Lipinski definition) is 2. The zero-order valence-corrected chi connectivity index (χ0v) is 8.43. The van der Waals surface area contributed by atoms with Gasteiger partial charge in [0.25, 0.3) is 0 Å². The lowest BCUT2D eigenvalue weighted by Crippen LogP contribution is -2.42. The van der Waals surface area contributed by atoms with Crippen LogP contribution in [0.1, 0.15) is 12.8 Å². The lowest BCUT2D eigenvalue weighted by atomic mass is 10.1. The fourth-order valence-corrected chi connectivity index (χ4v) is 1.75. The first-order valence-corrected chi connectivity index (χ1v) is 4.85. The molecule has 0 radical (unpaired) electrons. The van der Waals surface area contributed by atoms with E-state index in [4.69, 9.17) is 10.2 Å². The molecule has 2 unspecified atom stereocenters. The summed E-state index contributed by atoms with van der Waals surface area (Å²) >= 11 is 0. The minimum absolute atomic E-state index is 0.0260. The molecule has 1 aliphatic heterocycles. The normalized spacial score (nSPS) is 22.9. The number of aliphatic hydroxyl groups excluding tert-OH is 1. The van der Waals surface area contributed by atoms with E-state index < -0.39 is 12.0 Å². The molecule has 1 saturated heterocycles. The fraction of sp³-hybridized carbons (Fsp3) is 0.600. The number of rotatable bonds is 5. The number of carboxylic acid groups (broad SMARTS) is 1. The molecule has 1 rings (SSSR count). The zero-order chi connectivity index (χ0) is 11.4. The number of amides is 1. The number of likely N-dealkylation sites (tertiary alicyclic amines) is 1. The van der Waals surface area contributed by atoms with Crippen LogP contribution in [0.25, 0.3) is 0 Å². The van der Waals surface area contributed by atoms with Gasteiger partial charge in [-0.2, -0.15) is 0 Å². The van der Waals surface area contributed by atoms with Crippen molar-refractivity contribution in [2.24, 2.45) is 5.92 Å². The minimum atomic E-state index is -1.07. The first kappa shape index (κ1) is 11.7. The van der Waals surface area contributed by atoms with Crippen molar-refractivity contribution in [2.45, 2.75) is 18.9 Å². The van der Waals surface area contributed by atoms with Crippen LogP contribution >= 0.6 is 0 Å². The molecule has 1 fully saturated rings. The largest absolute Gasteiger partial charge is 0.480 e. The molecule has 15 heavy (non-hydrogen) atoms. The maximum absolute atomic E-state index is 11.5. The second kappa shape index (κ2) is 4.93. The summed E-state index contributed by atoms with van der Waals surface area (Å²) in [5.74, 6) is -1.22. The number of carbonyl (C=O) groups is 2.